The number of halogens is 7. The second-order valence-electron chi connectivity index (χ2n) is 21.7. The minimum Gasteiger partial charge on any atom is -0.256 e. The lowest BCUT2D eigenvalue weighted by molar-refractivity contribution is 0.584. The van der Waals surface area contributed by atoms with E-state index >= 15 is 22.0 Å². The van der Waals surface area contributed by atoms with Gasteiger partial charge in [-0.1, -0.05) is 109 Å². The summed E-state index contributed by atoms with van der Waals surface area (Å²) in [6, 6.07) is 63.8. The molecule has 10 heteroatoms. The van der Waals surface area contributed by atoms with E-state index in [1.807, 2.05) is 92.8 Å². The van der Waals surface area contributed by atoms with Crippen LogP contribution in [0.4, 0.5) is 30.7 Å². The predicted octanol–water partition coefficient (Wildman–Crippen LogP) is 21.6. The summed E-state index contributed by atoms with van der Waals surface area (Å²) in [7, 11) is 0. The van der Waals surface area contributed by atoms with Crippen LogP contribution in [0.3, 0.4) is 0 Å². The number of fused-ring (bicyclic) bond motifs is 6. The van der Waals surface area contributed by atoms with Gasteiger partial charge in [0.25, 0.3) is 0 Å². The van der Waals surface area contributed by atoms with Crippen molar-refractivity contribution in [2.24, 2.45) is 0 Å². The Morgan fingerprint density at radius 1 is 0.218 bits per heavy atom. The molecule has 0 saturated carbocycles. The van der Waals surface area contributed by atoms with Gasteiger partial charge >= 0.3 is 0 Å². The molecule has 0 fully saturated rings. The van der Waals surface area contributed by atoms with Crippen molar-refractivity contribution in [3.05, 3.63) is 295 Å². The summed E-state index contributed by atoms with van der Waals surface area (Å²) in [5.41, 5.74) is 11.4. The first kappa shape index (κ1) is 54.1. The van der Waals surface area contributed by atoms with Crippen LogP contribution >= 0.6 is 0 Å². The van der Waals surface area contributed by atoms with Crippen molar-refractivity contribution in [1.29, 1.82) is 0 Å². The molecule has 87 heavy (non-hydrogen) atoms. The Kier molecular flexibility index (Phi) is 13.7. The summed E-state index contributed by atoms with van der Waals surface area (Å²) in [6.45, 7) is 3.63. The van der Waals surface area contributed by atoms with Crippen LogP contribution in [0.1, 0.15) is 11.1 Å². The summed E-state index contributed by atoms with van der Waals surface area (Å²) >= 11 is 0. The van der Waals surface area contributed by atoms with E-state index in [0.29, 0.717) is 83.6 Å². The van der Waals surface area contributed by atoms with Crippen LogP contribution in [-0.2, 0) is 0 Å². The van der Waals surface area contributed by atoms with E-state index in [1.165, 1.54) is 48.5 Å². The molecule has 3 nitrogen and oxygen atoms in total. The zero-order chi connectivity index (χ0) is 59.6. The van der Waals surface area contributed by atoms with Gasteiger partial charge in [-0.25, -0.2) is 30.7 Å². The minimum atomic E-state index is -0.784. The zero-order valence-electron chi connectivity index (χ0n) is 46.6. The standard InChI is InChI=1S/C77H46F7N3/c1-43-28-76(63-26-20-53(81)37-73(63)83)86-40-70(43)60-23-17-50(78)34-65(60)47-30-48(66-35-51(79)18-24-61(66)71-41-87-77(29-44(71)2)64-27-21-54(82)38-74(64)84)32-49(31-47)67-36-52(80)19-25-62(67)72-42-85-75(45-10-4-3-5-11-45)39-68(72)46-16-22-59-57-14-7-6-12-55(57)56-13-8-9-15-58(56)69(59)33-46/h3-42H,1-2H3. The molecular weight excluding hydrogens is 1100 g/mol. The van der Waals surface area contributed by atoms with Crippen molar-refractivity contribution in [3.8, 4) is 112 Å². The van der Waals surface area contributed by atoms with Crippen LogP contribution in [0.5, 0.6) is 0 Å². The molecule has 0 N–H and O–H groups in total. The molecule has 418 valence electrons. The van der Waals surface area contributed by atoms with E-state index in [2.05, 4.69) is 58.5 Å². The molecule has 0 spiro atoms. The zero-order valence-corrected chi connectivity index (χ0v) is 46.6. The number of aryl methyl sites for hydroxylation is 2. The molecule has 3 aromatic heterocycles. The smallest absolute Gasteiger partial charge is 0.135 e. The number of hydrogen-bond acceptors (Lipinski definition) is 3. The number of pyridine rings is 3. The predicted molar refractivity (Wildman–Crippen MR) is 336 cm³/mol. The fraction of sp³-hybridized carbons (Fsp3) is 0.0260. The summed E-state index contributed by atoms with van der Waals surface area (Å²) in [5, 5.41) is 6.59. The molecule has 0 aliphatic carbocycles. The van der Waals surface area contributed by atoms with E-state index in [9.17, 15) is 8.78 Å². The number of benzene rings is 11. The topological polar surface area (TPSA) is 38.7 Å². The molecule has 14 aromatic rings. The molecule has 0 bridgehead atoms. The van der Waals surface area contributed by atoms with Gasteiger partial charge in [0.05, 0.1) is 17.1 Å². The lowest BCUT2D eigenvalue weighted by atomic mass is 9.84. The monoisotopic (exact) mass is 1150 g/mol. The summed E-state index contributed by atoms with van der Waals surface area (Å²) in [5.74, 6) is -4.71. The fourth-order valence-corrected chi connectivity index (χ4v) is 12.2. The lowest BCUT2D eigenvalue weighted by Crippen LogP contribution is -1.97. The van der Waals surface area contributed by atoms with E-state index in [1.54, 1.807) is 42.7 Å². The molecule has 0 aliphatic rings. The maximum Gasteiger partial charge on any atom is 0.135 e. The maximum atomic E-state index is 16.5. The molecule has 0 amide bonds. The van der Waals surface area contributed by atoms with Gasteiger partial charge in [-0.15, -0.1) is 0 Å². The van der Waals surface area contributed by atoms with Crippen molar-refractivity contribution in [3.63, 3.8) is 0 Å². The highest BCUT2D eigenvalue weighted by Gasteiger charge is 2.23. The molecule has 0 radical (unpaired) electrons. The largest absolute Gasteiger partial charge is 0.256 e. The molecule has 0 atom stereocenters. The average Bonchev–Trinajstić information content (AvgIpc) is 2.46. The minimum absolute atomic E-state index is 0.0954. The number of nitrogens with zero attached hydrogens (tertiary/aromatic N) is 3. The second kappa shape index (κ2) is 22.0. The maximum absolute atomic E-state index is 16.5. The lowest BCUT2D eigenvalue weighted by Gasteiger charge is -2.20. The van der Waals surface area contributed by atoms with Gasteiger partial charge in [0, 0.05) is 64.1 Å². The third-order valence-electron chi connectivity index (χ3n) is 16.3. The first-order valence-corrected chi connectivity index (χ1v) is 28.1. The van der Waals surface area contributed by atoms with E-state index < -0.39 is 40.7 Å². The van der Waals surface area contributed by atoms with E-state index in [-0.39, 0.29) is 22.5 Å². The highest BCUT2D eigenvalue weighted by molar-refractivity contribution is 6.26. The van der Waals surface area contributed by atoms with Gasteiger partial charge in [-0.2, -0.15) is 0 Å². The second-order valence-corrected chi connectivity index (χ2v) is 21.7. The normalized spacial score (nSPS) is 11.5. The van der Waals surface area contributed by atoms with Crippen LogP contribution in [0.15, 0.2) is 243 Å². The van der Waals surface area contributed by atoms with E-state index in [0.717, 1.165) is 73.3 Å². The number of aromatic nitrogens is 3. The van der Waals surface area contributed by atoms with Crippen molar-refractivity contribution in [2.75, 3.05) is 0 Å². The van der Waals surface area contributed by atoms with Gasteiger partial charge < -0.3 is 0 Å². The Hall–Kier alpha value is -10.8. The van der Waals surface area contributed by atoms with Crippen LogP contribution in [-0.4, -0.2) is 15.0 Å². The average molecular weight is 1150 g/mol. The van der Waals surface area contributed by atoms with Crippen LogP contribution in [0.25, 0.3) is 144 Å². The van der Waals surface area contributed by atoms with Gasteiger partial charge in [0.1, 0.15) is 40.7 Å². The Morgan fingerprint density at radius 3 is 1.01 bits per heavy atom. The third-order valence-corrected chi connectivity index (χ3v) is 16.3. The Morgan fingerprint density at radius 2 is 0.575 bits per heavy atom. The highest BCUT2D eigenvalue weighted by atomic mass is 19.2. The number of hydrogen-bond donors (Lipinski definition) is 0. The van der Waals surface area contributed by atoms with Crippen LogP contribution in [0, 0.1) is 54.6 Å². The first-order valence-electron chi connectivity index (χ1n) is 28.1. The van der Waals surface area contributed by atoms with Crippen molar-refractivity contribution >= 4 is 32.3 Å². The Balaban J connectivity index is 1.00. The fourth-order valence-electron chi connectivity index (χ4n) is 12.2. The molecular formula is C77H46F7N3. The molecule has 14 rings (SSSR count). The summed E-state index contributed by atoms with van der Waals surface area (Å²) in [6.07, 6.45) is 4.94. The molecule has 11 aromatic carbocycles. The highest BCUT2D eigenvalue weighted by Crippen LogP contribution is 2.47. The van der Waals surface area contributed by atoms with Gasteiger partial charge in [0.15, 0.2) is 0 Å². The van der Waals surface area contributed by atoms with E-state index in [4.69, 9.17) is 4.98 Å². The molecule has 0 aliphatic heterocycles. The van der Waals surface area contributed by atoms with Gasteiger partial charge in [0.2, 0.25) is 0 Å². The number of rotatable bonds is 10. The van der Waals surface area contributed by atoms with Crippen LogP contribution in [0.2, 0.25) is 0 Å². The van der Waals surface area contributed by atoms with Crippen molar-refractivity contribution in [2.45, 2.75) is 13.8 Å². The Labute approximate surface area is 496 Å². The van der Waals surface area contributed by atoms with Crippen molar-refractivity contribution in [1.82, 2.24) is 15.0 Å². The van der Waals surface area contributed by atoms with Gasteiger partial charge in [-0.3, -0.25) is 15.0 Å². The third kappa shape index (κ3) is 10.0. The van der Waals surface area contributed by atoms with Crippen LogP contribution < -0.4 is 0 Å². The Bertz CT molecular complexity index is 4910. The SMILES string of the molecule is Cc1cc(-c2ccc(F)cc2F)ncc1-c1ccc(F)cc1-c1cc(-c2cc(F)ccc2-c2cnc(-c3ccc(F)cc3F)cc2C)cc(-c2cc(F)ccc2-c2cnc(-c3ccccc3)cc2-c2ccc3c4ccccc4c4ccccc4c3c2)c1. The first-order chi connectivity index (χ1) is 42.3. The molecule has 0 unspecified atom stereocenters. The quantitative estimate of drug-likeness (QED) is 0.101. The summed E-state index contributed by atoms with van der Waals surface area (Å²) < 4.78 is 107. The molecule has 0 saturated heterocycles. The summed E-state index contributed by atoms with van der Waals surface area (Å²) in [4.78, 5) is 14.3. The molecule has 3 heterocycles. The van der Waals surface area contributed by atoms with Crippen molar-refractivity contribution < 1.29 is 30.7 Å². The van der Waals surface area contributed by atoms with Gasteiger partial charge in [-0.05, 0) is 222 Å².